The van der Waals surface area contributed by atoms with E-state index in [4.69, 9.17) is 10.2 Å². The Morgan fingerprint density at radius 3 is 2.83 bits per heavy atom. The topological polar surface area (TPSA) is 81.2 Å². The van der Waals surface area contributed by atoms with Gasteiger partial charge in [-0.3, -0.25) is 4.79 Å². The summed E-state index contributed by atoms with van der Waals surface area (Å²) in [6.45, 7) is 3.86. The van der Waals surface area contributed by atoms with Crippen LogP contribution in [0.25, 0.3) is 0 Å². The normalized spacial score (nSPS) is 10.3. The number of aromatic nitrogens is 1. The third kappa shape index (κ3) is 2.68. The van der Waals surface area contributed by atoms with Crippen molar-refractivity contribution in [1.29, 1.82) is 0 Å². The summed E-state index contributed by atoms with van der Waals surface area (Å²) in [7, 11) is 0. The molecule has 3 N–H and O–H groups in total. The zero-order chi connectivity index (χ0) is 13.1. The molecule has 2 rings (SSSR count). The molecule has 5 heteroatoms. The van der Waals surface area contributed by atoms with Gasteiger partial charge >= 0.3 is 0 Å². The maximum atomic E-state index is 11.9. The largest absolute Gasteiger partial charge is 0.436 e. The van der Waals surface area contributed by atoms with Gasteiger partial charge in [0.25, 0.3) is 5.91 Å². The SMILES string of the molecule is Cc1nc(C)c(C(=O)NCc2cccc(N)c2)o1. The smallest absolute Gasteiger partial charge is 0.289 e. The summed E-state index contributed by atoms with van der Waals surface area (Å²) >= 11 is 0. The van der Waals surface area contributed by atoms with Crippen LogP contribution in [0.3, 0.4) is 0 Å². The molecule has 0 bridgehead atoms. The Labute approximate surface area is 105 Å². The number of amides is 1. The molecule has 94 valence electrons. The highest BCUT2D eigenvalue weighted by atomic mass is 16.4. The van der Waals surface area contributed by atoms with E-state index in [0.717, 1.165) is 5.56 Å². The second-order valence-electron chi connectivity index (χ2n) is 4.08. The number of oxazole rings is 1. The summed E-state index contributed by atoms with van der Waals surface area (Å²) in [5.41, 5.74) is 7.87. The molecule has 0 saturated heterocycles. The fraction of sp³-hybridized carbons (Fsp3) is 0.231. The fourth-order valence-corrected chi connectivity index (χ4v) is 1.71. The number of anilines is 1. The Hall–Kier alpha value is -2.30. The van der Waals surface area contributed by atoms with Crippen LogP contribution in [0.5, 0.6) is 0 Å². The first-order chi connectivity index (χ1) is 8.56. The maximum absolute atomic E-state index is 11.9. The molecule has 1 heterocycles. The van der Waals surface area contributed by atoms with Gasteiger partial charge in [-0.25, -0.2) is 4.98 Å². The van der Waals surface area contributed by atoms with E-state index in [-0.39, 0.29) is 11.7 Å². The third-order valence-electron chi connectivity index (χ3n) is 2.51. The molecule has 1 amide bonds. The number of benzene rings is 1. The summed E-state index contributed by atoms with van der Waals surface area (Å²) in [5.74, 6) is 0.480. The summed E-state index contributed by atoms with van der Waals surface area (Å²) in [5, 5.41) is 2.77. The number of nitrogens with one attached hydrogen (secondary N) is 1. The molecule has 0 fully saturated rings. The predicted molar refractivity (Wildman–Crippen MR) is 68.0 cm³/mol. The van der Waals surface area contributed by atoms with Crippen LogP contribution >= 0.6 is 0 Å². The average Bonchev–Trinajstić information content (AvgIpc) is 2.66. The van der Waals surface area contributed by atoms with E-state index in [1.807, 2.05) is 18.2 Å². The van der Waals surface area contributed by atoms with E-state index in [9.17, 15) is 4.79 Å². The molecule has 18 heavy (non-hydrogen) atoms. The van der Waals surface area contributed by atoms with Crippen LogP contribution in [0.2, 0.25) is 0 Å². The molecule has 1 aromatic heterocycles. The van der Waals surface area contributed by atoms with Crippen LogP contribution < -0.4 is 11.1 Å². The first kappa shape index (κ1) is 12.2. The summed E-state index contributed by atoms with van der Waals surface area (Å²) in [6, 6.07) is 7.36. The van der Waals surface area contributed by atoms with E-state index in [1.165, 1.54) is 0 Å². The molecule has 0 saturated carbocycles. The standard InChI is InChI=1S/C13H15N3O2/c1-8-12(18-9(2)16-8)13(17)15-7-10-4-3-5-11(14)6-10/h3-6H,7,14H2,1-2H3,(H,15,17). The van der Waals surface area contributed by atoms with Crippen molar-refractivity contribution in [1.82, 2.24) is 10.3 Å². The number of aryl methyl sites for hydroxylation is 2. The minimum atomic E-state index is -0.268. The van der Waals surface area contributed by atoms with E-state index < -0.39 is 0 Å². The zero-order valence-corrected chi connectivity index (χ0v) is 10.4. The van der Waals surface area contributed by atoms with Crippen LogP contribution in [0.1, 0.15) is 27.7 Å². The van der Waals surface area contributed by atoms with Gasteiger partial charge < -0.3 is 15.5 Å². The molecule has 0 radical (unpaired) electrons. The van der Waals surface area contributed by atoms with E-state index in [1.54, 1.807) is 19.9 Å². The minimum Gasteiger partial charge on any atom is -0.436 e. The number of hydrogen-bond acceptors (Lipinski definition) is 4. The molecule has 0 aliphatic heterocycles. The van der Waals surface area contributed by atoms with Crippen molar-refractivity contribution in [3.8, 4) is 0 Å². The lowest BCUT2D eigenvalue weighted by Gasteiger charge is -2.04. The van der Waals surface area contributed by atoms with Gasteiger partial charge in [0.1, 0.15) is 0 Å². The summed E-state index contributed by atoms with van der Waals surface area (Å²) in [4.78, 5) is 15.9. The Kier molecular flexibility index (Phi) is 3.32. The molecule has 0 aliphatic rings. The van der Waals surface area contributed by atoms with E-state index >= 15 is 0 Å². The Morgan fingerprint density at radius 2 is 2.22 bits per heavy atom. The van der Waals surface area contributed by atoms with Crippen molar-refractivity contribution in [3.05, 3.63) is 47.2 Å². The van der Waals surface area contributed by atoms with Gasteiger partial charge in [-0.15, -0.1) is 0 Å². The Bertz CT molecular complexity index is 575. The zero-order valence-electron chi connectivity index (χ0n) is 10.4. The maximum Gasteiger partial charge on any atom is 0.289 e. The molecule has 0 atom stereocenters. The summed E-state index contributed by atoms with van der Waals surface area (Å²) < 4.78 is 5.24. The van der Waals surface area contributed by atoms with Gasteiger partial charge in [-0.2, -0.15) is 0 Å². The van der Waals surface area contributed by atoms with Crippen LogP contribution in [-0.2, 0) is 6.54 Å². The number of nitrogens with zero attached hydrogens (tertiary/aromatic N) is 1. The summed E-state index contributed by atoms with van der Waals surface area (Å²) in [6.07, 6.45) is 0. The number of nitrogens with two attached hydrogens (primary N) is 1. The molecule has 0 spiro atoms. The first-order valence-corrected chi connectivity index (χ1v) is 5.63. The van der Waals surface area contributed by atoms with Crippen LogP contribution in [-0.4, -0.2) is 10.9 Å². The Morgan fingerprint density at radius 1 is 1.44 bits per heavy atom. The van der Waals surface area contributed by atoms with Gasteiger partial charge in [0.05, 0.1) is 5.69 Å². The van der Waals surface area contributed by atoms with Gasteiger partial charge in [0.2, 0.25) is 5.76 Å². The van der Waals surface area contributed by atoms with E-state index in [0.29, 0.717) is 23.8 Å². The van der Waals surface area contributed by atoms with Crippen molar-refractivity contribution in [3.63, 3.8) is 0 Å². The van der Waals surface area contributed by atoms with Crippen LogP contribution in [0, 0.1) is 13.8 Å². The number of hydrogen-bond donors (Lipinski definition) is 2. The highest BCUT2D eigenvalue weighted by Crippen LogP contribution is 2.10. The highest BCUT2D eigenvalue weighted by molar-refractivity contribution is 5.92. The molecule has 5 nitrogen and oxygen atoms in total. The van der Waals surface area contributed by atoms with Crippen LogP contribution in [0.15, 0.2) is 28.7 Å². The molecule has 0 unspecified atom stereocenters. The van der Waals surface area contributed by atoms with Crippen LogP contribution in [0.4, 0.5) is 5.69 Å². The van der Waals surface area contributed by atoms with Crippen molar-refractivity contribution < 1.29 is 9.21 Å². The molecular formula is C13H15N3O2. The predicted octanol–water partition coefficient (Wildman–Crippen LogP) is 1.80. The van der Waals surface area contributed by atoms with E-state index in [2.05, 4.69) is 10.3 Å². The molecule has 1 aromatic carbocycles. The molecule has 2 aromatic rings. The second kappa shape index (κ2) is 4.91. The first-order valence-electron chi connectivity index (χ1n) is 5.63. The fourth-order valence-electron chi connectivity index (χ4n) is 1.71. The molecular weight excluding hydrogens is 230 g/mol. The third-order valence-corrected chi connectivity index (χ3v) is 2.51. The molecule has 0 aliphatic carbocycles. The van der Waals surface area contributed by atoms with Gasteiger partial charge in [-0.1, -0.05) is 12.1 Å². The lowest BCUT2D eigenvalue weighted by atomic mass is 10.2. The van der Waals surface area contributed by atoms with Crippen molar-refractivity contribution in [2.24, 2.45) is 0 Å². The average molecular weight is 245 g/mol. The number of rotatable bonds is 3. The van der Waals surface area contributed by atoms with Crippen molar-refractivity contribution >= 4 is 11.6 Å². The number of nitrogen functional groups attached to an aromatic ring is 1. The number of carbonyl (C=O) groups is 1. The monoisotopic (exact) mass is 245 g/mol. The van der Waals surface area contributed by atoms with Crippen molar-refractivity contribution in [2.75, 3.05) is 5.73 Å². The second-order valence-corrected chi connectivity index (χ2v) is 4.08. The lowest BCUT2D eigenvalue weighted by Crippen LogP contribution is -2.23. The Balaban J connectivity index is 2.03. The van der Waals surface area contributed by atoms with Gasteiger partial charge in [-0.05, 0) is 24.6 Å². The number of carbonyl (C=O) groups excluding carboxylic acids is 1. The lowest BCUT2D eigenvalue weighted by molar-refractivity contribution is 0.0921. The van der Waals surface area contributed by atoms with Crippen molar-refractivity contribution in [2.45, 2.75) is 20.4 Å². The highest BCUT2D eigenvalue weighted by Gasteiger charge is 2.15. The quantitative estimate of drug-likeness (QED) is 0.808. The van der Waals surface area contributed by atoms with Gasteiger partial charge in [0, 0.05) is 19.2 Å². The minimum absolute atomic E-state index is 0.261. The van der Waals surface area contributed by atoms with Gasteiger partial charge in [0.15, 0.2) is 5.89 Å².